The lowest BCUT2D eigenvalue weighted by Gasteiger charge is -2.12. The van der Waals surface area contributed by atoms with Gasteiger partial charge in [-0.2, -0.15) is 0 Å². The van der Waals surface area contributed by atoms with Gasteiger partial charge in [-0.3, -0.25) is 9.36 Å². The number of aromatic hydroxyl groups is 1. The molecule has 2 aromatic carbocycles. The zero-order valence-electron chi connectivity index (χ0n) is 18.9. The van der Waals surface area contributed by atoms with Crippen LogP contribution in [0.1, 0.15) is 16.8 Å². The highest BCUT2D eigenvalue weighted by atomic mass is 32.1. The Labute approximate surface area is 210 Å². The van der Waals surface area contributed by atoms with Gasteiger partial charge in [-0.15, -0.1) is 22.7 Å². The maximum Gasteiger partial charge on any atom is 0.278 e. The van der Waals surface area contributed by atoms with Gasteiger partial charge in [-0.05, 0) is 65.9 Å². The summed E-state index contributed by atoms with van der Waals surface area (Å²) in [5.41, 5.74) is 5.07. The molecule has 0 atom stereocenters. The summed E-state index contributed by atoms with van der Waals surface area (Å²) in [6, 6.07) is 23.5. The second-order valence-electron chi connectivity index (χ2n) is 8.45. The Morgan fingerprint density at radius 3 is 2.46 bits per heavy atom. The van der Waals surface area contributed by atoms with Crippen LogP contribution >= 0.6 is 22.7 Å². The van der Waals surface area contributed by atoms with E-state index in [9.17, 15) is 9.90 Å². The number of rotatable bonds is 5. The number of benzene rings is 2. The Kier molecular flexibility index (Phi) is 5.36. The summed E-state index contributed by atoms with van der Waals surface area (Å²) in [6.45, 7) is 2.05. The van der Waals surface area contributed by atoms with Crippen LogP contribution in [-0.2, 0) is 6.42 Å². The molecule has 2 aromatic heterocycles. The monoisotopic (exact) mass is 495 g/mol. The summed E-state index contributed by atoms with van der Waals surface area (Å²) < 4.78 is 1.64. The number of nitrogens with zero attached hydrogens (tertiary/aromatic N) is 2. The maximum absolute atomic E-state index is 13.5. The third kappa shape index (κ3) is 4.09. The first-order valence-electron chi connectivity index (χ1n) is 11.2. The molecule has 2 aliphatic heterocycles. The summed E-state index contributed by atoms with van der Waals surface area (Å²) in [5.74, 6) is 0.806. The van der Waals surface area contributed by atoms with Gasteiger partial charge in [0.25, 0.3) is 5.56 Å². The molecule has 0 unspecified atom stereocenters. The van der Waals surface area contributed by atoms with E-state index in [4.69, 9.17) is 4.98 Å². The molecular weight excluding hydrogens is 474 g/mol. The molecule has 0 fully saturated rings. The lowest BCUT2D eigenvalue weighted by atomic mass is 10.1. The number of aromatic amines is 1. The normalized spacial score (nSPS) is 11.3. The molecule has 0 amide bonds. The number of aryl methyl sites for hydroxylation is 1. The van der Waals surface area contributed by atoms with Crippen LogP contribution < -0.4 is 5.56 Å². The molecule has 0 saturated heterocycles. The van der Waals surface area contributed by atoms with Gasteiger partial charge in [0.15, 0.2) is 5.82 Å². The molecule has 35 heavy (non-hydrogen) atoms. The molecule has 6 rings (SSSR count). The van der Waals surface area contributed by atoms with Crippen molar-refractivity contribution in [3.63, 3.8) is 0 Å². The molecule has 4 aromatic rings. The highest BCUT2D eigenvalue weighted by molar-refractivity contribution is 7.23. The Balaban J connectivity index is 1.52. The zero-order valence-corrected chi connectivity index (χ0v) is 20.5. The lowest BCUT2D eigenvalue weighted by molar-refractivity contribution is 0.475. The molecule has 4 heterocycles. The Morgan fingerprint density at radius 1 is 0.943 bits per heavy atom. The summed E-state index contributed by atoms with van der Waals surface area (Å²) in [7, 11) is 0. The summed E-state index contributed by atoms with van der Waals surface area (Å²) in [6.07, 6.45) is 2.27. The minimum absolute atomic E-state index is 0.120. The summed E-state index contributed by atoms with van der Waals surface area (Å²) in [5, 5.41) is 11.8. The van der Waals surface area contributed by atoms with E-state index in [2.05, 4.69) is 40.7 Å². The number of fused-ring (bicyclic) bond motifs is 1. The number of hydrogen-bond donors (Lipinski definition) is 2. The molecule has 0 aliphatic carbocycles. The topological polar surface area (TPSA) is 70.9 Å². The van der Waals surface area contributed by atoms with E-state index in [0.717, 1.165) is 27.4 Å². The first-order chi connectivity index (χ1) is 17.0. The second-order valence-corrected chi connectivity index (χ2v) is 10.5. The number of phenols is 1. The van der Waals surface area contributed by atoms with Crippen molar-refractivity contribution >= 4 is 22.7 Å². The standard InChI is InChI=1S/C28H21N3O2S2/c1-17-4-6-18(7-5-17)15-21-28(33)31-16-22(19-8-10-20(32)11-9-19)29-26(27(31)30-21)25-13-12-24(35-25)23-3-2-14-34-23/h2-14,16,29,32H,15H2,1H3. The highest BCUT2D eigenvalue weighted by Gasteiger charge is 2.22. The lowest BCUT2D eigenvalue weighted by Crippen LogP contribution is -2.16. The number of phenolic OH excluding ortho intramolecular Hbond substituents is 1. The highest BCUT2D eigenvalue weighted by Crippen LogP contribution is 2.38. The van der Waals surface area contributed by atoms with Gasteiger partial charge in [-0.25, -0.2) is 4.98 Å². The zero-order chi connectivity index (χ0) is 23.9. The third-order valence-corrected chi connectivity index (χ3v) is 8.13. The van der Waals surface area contributed by atoms with Crippen molar-refractivity contribution in [3.05, 3.63) is 112 Å². The SMILES string of the molecule is Cc1ccc(Cc2nc3c(-c4ccc(-c5cccs5)s4)[nH]c(-c4ccc(O)cc4)cn-3c2=O)cc1. The van der Waals surface area contributed by atoms with Crippen LogP contribution in [0.2, 0.25) is 0 Å². The molecule has 2 N–H and O–H groups in total. The third-order valence-electron chi connectivity index (χ3n) is 5.96. The fourth-order valence-corrected chi connectivity index (χ4v) is 5.95. The van der Waals surface area contributed by atoms with E-state index in [1.54, 1.807) is 45.6 Å². The number of aromatic nitrogens is 3. The van der Waals surface area contributed by atoms with Gasteiger partial charge in [0, 0.05) is 22.4 Å². The molecule has 0 radical (unpaired) electrons. The minimum atomic E-state index is -0.120. The molecule has 172 valence electrons. The number of hydrogen-bond acceptors (Lipinski definition) is 5. The van der Waals surface area contributed by atoms with E-state index < -0.39 is 0 Å². The first kappa shape index (κ1) is 21.6. The van der Waals surface area contributed by atoms with Gasteiger partial charge in [-0.1, -0.05) is 35.9 Å². The fraction of sp³-hybridized carbons (Fsp3) is 0.0714. The van der Waals surface area contributed by atoms with E-state index in [1.807, 2.05) is 37.3 Å². The van der Waals surface area contributed by atoms with Crippen LogP contribution in [0.4, 0.5) is 0 Å². The average molecular weight is 496 g/mol. The van der Waals surface area contributed by atoms with Crippen LogP contribution in [0.3, 0.4) is 0 Å². The van der Waals surface area contributed by atoms with Crippen molar-refractivity contribution in [3.8, 4) is 43.2 Å². The number of thiophene rings is 2. The molecular formula is C28H21N3O2S2. The van der Waals surface area contributed by atoms with Gasteiger partial charge in [0.1, 0.15) is 17.1 Å². The average Bonchev–Trinajstić information content (AvgIpc) is 3.62. The summed E-state index contributed by atoms with van der Waals surface area (Å²) in [4.78, 5) is 25.2. The molecule has 2 aliphatic rings. The summed E-state index contributed by atoms with van der Waals surface area (Å²) >= 11 is 3.37. The van der Waals surface area contributed by atoms with E-state index in [0.29, 0.717) is 17.9 Å². The van der Waals surface area contributed by atoms with Crippen LogP contribution in [-0.4, -0.2) is 19.6 Å². The van der Waals surface area contributed by atoms with Crippen molar-refractivity contribution in [1.82, 2.24) is 14.5 Å². The van der Waals surface area contributed by atoms with Crippen LogP contribution in [0.15, 0.2) is 89.2 Å². The second kappa shape index (κ2) is 8.69. The van der Waals surface area contributed by atoms with E-state index in [-0.39, 0.29) is 11.3 Å². The van der Waals surface area contributed by atoms with Gasteiger partial charge >= 0.3 is 0 Å². The molecule has 0 bridgehead atoms. The predicted octanol–water partition coefficient (Wildman–Crippen LogP) is 6.73. The number of imidazole rings is 1. The van der Waals surface area contributed by atoms with Crippen LogP contribution in [0.5, 0.6) is 5.75 Å². The van der Waals surface area contributed by atoms with Crippen molar-refractivity contribution in [1.29, 1.82) is 0 Å². The van der Waals surface area contributed by atoms with Gasteiger partial charge in [0.05, 0.1) is 10.6 Å². The first-order valence-corrected chi connectivity index (χ1v) is 12.9. The molecule has 5 nitrogen and oxygen atoms in total. The number of nitrogens with one attached hydrogen (secondary N) is 1. The molecule has 0 spiro atoms. The van der Waals surface area contributed by atoms with Crippen molar-refractivity contribution in [2.75, 3.05) is 0 Å². The largest absolute Gasteiger partial charge is 0.508 e. The minimum Gasteiger partial charge on any atom is -0.508 e. The van der Waals surface area contributed by atoms with Crippen LogP contribution in [0.25, 0.3) is 37.4 Å². The van der Waals surface area contributed by atoms with Crippen molar-refractivity contribution in [2.24, 2.45) is 0 Å². The van der Waals surface area contributed by atoms with Gasteiger partial charge in [0.2, 0.25) is 0 Å². The van der Waals surface area contributed by atoms with E-state index in [1.165, 1.54) is 15.3 Å². The Morgan fingerprint density at radius 2 is 1.71 bits per heavy atom. The molecule has 7 heteroatoms. The number of H-pyrrole nitrogens is 1. The van der Waals surface area contributed by atoms with Gasteiger partial charge < -0.3 is 10.1 Å². The van der Waals surface area contributed by atoms with Crippen molar-refractivity contribution in [2.45, 2.75) is 13.3 Å². The van der Waals surface area contributed by atoms with E-state index >= 15 is 0 Å². The Bertz CT molecular complexity index is 1640. The van der Waals surface area contributed by atoms with Crippen molar-refractivity contribution < 1.29 is 5.11 Å². The molecule has 0 saturated carbocycles. The smallest absolute Gasteiger partial charge is 0.278 e. The predicted molar refractivity (Wildman–Crippen MR) is 143 cm³/mol. The van der Waals surface area contributed by atoms with Crippen LogP contribution in [0, 0.1) is 6.92 Å². The Hall–Kier alpha value is -3.94. The fourth-order valence-electron chi connectivity index (χ4n) is 4.11. The maximum atomic E-state index is 13.5. The quantitative estimate of drug-likeness (QED) is 0.279.